The standard InChI is InChI=1S/C16H10N2O3/c17-13(9-4-3-7-18-8-9)12-14(19)10-5-1-2-6-11(10)15(20)16(12)21/h1-8,17,19H. The van der Waals surface area contributed by atoms with Crippen molar-refractivity contribution < 1.29 is 14.7 Å². The van der Waals surface area contributed by atoms with E-state index in [1.807, 2.05) is 0 Å². The number of aliphatic hydroxyl groups excluding tert-OH is 1. The first kappa shape index (κ1) is 12.9. The Morgan fingerprint density at radius 2 is 1.71 bits per heavy atom. The molecule has 0 radical (unpaired) electrons. The molecular formula is C16H10N2O3. The summed E-state index contributed by atoms with van der Waals surface area (Å²) in [5, 5.41) is 18.4. The van der Waals surface area contributed by atoms with Gasteiger partial charge in [-0.1, -0.05) is 24.3 Å². The number of nitrogens with zero attached hydrogens (tertiary/aromatic N) is 1. The Kier molecular flexibility index (Phi) is 2.95. The quantitative estimate of drug-likeness (QED) is 0.650. The van der Waals surface area contributed by atoms with Gasteiger partial charge in [-0.05, 0) is 12.1 Å². The van der Waals surface area contributed by atoms with E-state index in [1.165, 1.54) is 18.5 Å². The molecule has 1 aliphatic rings. The first-order valence-corrected chi connectivity index (χ1v) is 6.22. The fourth-order valence-electron chi connectivity index (χ4n) is 2.25. The maximum absolute atomic E-state index is 12.2. The number of carbonyl (C=O) groups is 2. The Morgan fingerprint density at radius 3 is 2.38 bits per heavy atom. The molecule has 0 spiro atoms. The molecule has 102 valence electrons. The van der Waals surface area contributed by atoms with Gasteiger partial charge in [-0.3, -0.25) is 20.0 Å². The van der Waals surface area contributed by atoms with Crippen molar-refractivity contribution in [2.45, 2.75) is 0 Å². The minimum atomic E-state index is -0.875. The molecular weight excluding hydrogens is 268 g/mol. The zero-order valence-electron chi connectivity index (χ0n) is 10.8. The predicted octanol–water partition coefficient (Wildman–Crippen LogP) is 2.18. The molecule has 0 saturated carbocycles. The summed E-state index contributed by atoms with van der Waals surface area (Å²) in [6.07, 6.45) is 2.94. The number of carbonyl (C=O) groups excluding carboxylic acids is 2. The highest BCUT2D eigenvalue weighted by Crippen LogP contribution is 2.29. The van der Waals surface area contributed by atoms with E-state index in [4.69, 9.17) is 5.41 Å². The van der Waals surface area contributed by atoms with Gasteiger partial charge in [0, 0.05) is 29.1 Å². The van der Waals surface area contributed by atoms with Crippen LogP contribution in [0.1, 0.15) is 21.5 Å². The van der Waals surface area contributed by atoms with Crippen LogP contribution in [0.5, 0.6) is 0 Å². The molecule has 1 aliphatic carbocycles. The van der Waals surface area contributed by atoms with E-state index in [1.54, 1.807) is 30.3 Å². The minimum Gasteiger partial charge on any atom is -0.506 e. The van der Waals surface area contributed by atoms with Gasteiger partial charge in [-0.2, -0.15) is 0 Å². The summed E-state index contributed by atoms with van der Waals surface area (Å²) >= 11 is 0. The van der Waals surface area contributed by atoms with Crippen LogP contribution >= 0.6 is 0 Å². The largest absolute Gasteiger partial charge is 0.506 e. The molecule has 2 aromatic rings. The molecule has 0 fully saturated rings. The van der Waals surface area contributed by atoms with Gasteiger partial charge in [-0.25, -0.2) is 0 Å². The topological polar surface area (TPSA) is 91.1 Å². The van der Waals surface area contributed by atoms with Gasteiger partial charge in [0.1, 0.15) is 5.76 Å². The number of benzene rings is 1. The number of Topliss-reactive ketones (excluding diaryl/α,β-unsaturated/α-hetero) is 2. The van der Waals surface area contributed by atoms with Crippen molar-refractivity contribution >= 4 is 23.0 Å². The third-order valence-electron chi connectivity index (χ3n) is 3.30. The molecule has 5 nitrogen and oxygen atoms in total. The summed E-state index contributed by atoms with van der Waals surface area (Å²) < 4.78 is 0. The van der Waals surface area contributed by atoms with Crippen LogP contribution in [0.2, 0.25) is 0 Å². The number of rotatable bonds is 2. The summed E-state index contributed by atoms with van der Waals surface area (Å²) in [7, 11) is 0. The number of hydrogen-bond donors (Lipinski definition) is 2. The van der Waals surface area contributed by atoms with Crippen molar-refractivity contribution in [2.24, 2.45) is 0 Å². The molecule has 3 rings (SSSR count). The van der Waals surface area contributed by atoms with Crippen LogP contribution in [0.15, 0.2) is 54.4 Å². The first-order chi connectivity index (χ1) is 10.1. The van der Waals surface area contributed by atoms with E-state index in [0.29, 0.717) is 5.56 Å². The van der Waals surface area contributed by atoms with Crippen LogP contribution in [0.4, 0.5) is 0 Å². The van der Waals surface area contributed by atoms with Crippen LogP contribution in [-0.2, 0) is 4.79 Å². The number of ketones is 2. The van der Waals surface area contributed by atoms with E-state index in [0.717, 1.165) is 0 Å². The van der Waals surface area contributed by atoms with Gasteiger partial charge in [-0.15, -0.1) is 0 Å². The Bertz CT molecular complexity index is 807. The van der Waals surface area contributed by atoms with Crippen LogP contribution in [0.25, 0.3) is 5.76 Å². The number of allylic oxidation sites excluding steroid dienone is 1. The lowest BCUT2D eigenvalue weighted by molar-refractivity contribution is -0.111. The summed E-state index contributed by atoms with van der Waals surface area (Å²) in [6.45, 7) is 0. The van der Waals surface area contributed by atoms with Gasteiger partial charge >= 0.3 is 0 Å². The van der Waals surface area contributed by atoms with E-state index < -0.39 is 11.6 Å². The summed E-state index contributed by atoms with van der Waals surface area (Å²) in [5.41, 5.74) is 0.285. The Hall–Kier alpha value is -3.08. The maximum atomic E-state index is 12.2. The van der Waals surface area contributed by atoms with Gasteiger partial charge < -0.3 is 5.11 Å². The molecule has 5 heteroatoms. The van der Waals surface area contributed by atoms with Crippen LogP contribution in [-0.4, -0.2) is 27.4 Å². The molecule has 0 bridgehead atoms. The average Bonchev–Trinajstić information content (AvgIpc) is 2.53. The van der Waals surface area contributed by atoms with Crippen molar-refractivity contribution in [3.05, 3.63) is 71.1 Å². The van der Waals surface area contributed by atoms with Gasteiger partial charge in [0.2, 0.25) is 11.6 Å². The molecule has 0 aliphatic heterocycles. The Labute approximate surface area is 120 Å². The molecule has 1 aromatic heterocycles. The normalized spacial score (nSPS) is 14.1. The van der Waals surface area contributed by atoms with Crippen LogP contribution in [0.3, 0.4) is 0 Å². The molecule has 2 N–H and O–H groups in total. The van der Waals surface area contributed by atoms with Crippen molar-refractivity contribution in [1.29, 1.82) is 5.41 Å². The second-order valence-corrected chi connectivity index (χ2v) is 4.54. The van der Waals surface area contributed by atoms with Crippen LogP contribution < -0.4 is 0 Å². The lowest BCUT2D eigenvalue weighted by Crippen LogP contribution is -2.28. The Balaban J connectivity index is 2.20. The van der Waals surface area contributed by atoms with E-state index in [2.05, 4.69) is 4.98 Å². The van der Waals surface area contributed by atoms with Crippen molar-refractivity contribution in [3.8, 4) is 0 Å². The fourth-order valence-corrected chi connectivity index (χ4v) is 2.25. The maximum Gasteiger partial charge on any atom is 0.239 e. The lowest BCUT2D eigenvalue weighted by atomic mass is 9.85. The number of pyridine rings is 1. The number of aromatic nitrogens is 1. The van der Waals surface area contributed by atoms with Gasteiger partial charge in [0.15, 0.2) is 0 Å². The lowest BCUT2D eigenvalue weighted by Gasteiger charge is -2.18. The highest BCUT2D eigenvalue weighted by molar-refractivity contribution is 6.58. The fraction of sp³-hybridized carbons (Fsp3) is 0. The van der Waals surface area contributed by atoms with E-state index >= 15 is 0 Å². The van der Waals surface area contributed by atoms with Crippen molar-refractivity contribution in [3.63, 3.8) is 0 Å². The average molecular weight is 278 g/mol. The second kappa shape index (κ2) is 4.79. The number of aliphatic hydroxyl groups is 1. The zero-order chi connectivity index (χ0) is 15.0. The van der Waals surface area contributed by atoms with Crippen LogP contribution in [0, 0.1) is 5.41 Å². The second-order valence-electron chi connectivity index (χ2n) is 4.54. The third kappa shape index (κ3) is 1.95. The SMILES string of the molecule is N=C(C1=C(O)c2ccccc2C(=O)C1=O)c1cccnc1. The highest BCUT2D eigenvalue weighted by atomic mass is 16.3. The molecule has 0 atom stereocenters. The number of fused-ring (bicyclic) bond motifs is 1. The first-order valence-electron chi connectivity index (χ1n) is 6.22. The summed E-state index contributed by atoms with van der Waals surface area (Å²) in [6, 6.07) is 9.51. The van der Waals surface area contributed by atoms with Crippen molar-refractivity contribution in [2.75, 3.05) is 0 Å². The molecule has 21 heavy (non-hydrogen) atoms. The van der Waals surface area contributed by atoms with Gasteiger partial charge in [0.25, 0.3) is 0 Å². The Morgan fingerprint density at radius 1 is 1.00 bits per heavy atom. The smallest absolute Gasteiger partial charge is 0.239 e. The number of hydrogen-bond acceptors (Lipinski definition) is 5. The molecule has 0 amide bonds. The highest BCUT2D eigenvalue weighted by Gasteiger charge is 2.35. The minimum absolute atomic E-state index is 0.155. The predicted molar refractivity (Wildman–Crippen MR) is 76.4 cm³/mol. The van der Waals surface area contributed by atoms with Gasteiger partial charge in [0.05, 0.1) is 11.3 Å². The summed E-state index contributed by atoms with van der Waals surface area (Å²) in [5.74, 6) is -1.93. The van der Waals surface area contributed by atoms with E-state index in [9.17, 15) is 14.7 Å². The summed E-state index contributed by atoms with van der Waals surface area (Å²) in [4.78, 5) is 28.2. The zero-order valence-corrected chi connectivity index (χ0v) is 10.8. The third-order valence-corrected chi connectivity index (χ3v) is 3.30. The molecule has 0 unspecified atom stereocenters. The van der Waals surface area contributed by atoms with Crippen molar-refractivity contribution in [1.82, 2.24) is 4.98 Å². The molecule has 0 saturated heterocycles. The molecule has 1 heterocycles. The molecule has 1 aromatic carbocycles. The number of nitrogens with one attached hydrogen (secondary N) is 1. The monoisotopic (exact) mass is 278 g/mol. The van der Waals surface area contributed by atoms with E-state index in [-0.39, 0.29) is 28.2 Å².